The quantitative estimate of drug-likeness (QED) is 0.701. The highest BCUT2D eigenvalue weighted by molar-refractivity contribution is 9.10. The highest BCUT2D eigenvalue weighted by atomic mass is 79.9. The number of fused-ring (bicyclic) bond motifs is 3. The normalized spacial score (nSPS) is 22.4. The molecule has 27 heavy (non-hydrogen) atoms. The molecule has 2 aliphatic rings. The maximum absolute atomic E-state index is 12.6. The zero-order valence-corrected chi connectivity index (χ0v) is 17.6. The molecule has 2 fully saturated rings. The molecule has 1 aromatic heterocycles. The first kappa shape index (κ1) is 18.4. The van der Waals surface area contributed by atoms with Gasteiger partial charge in [0.2, 0.25) is 0 Å². The molecule has 2 bridgehead atoms. The van der Waals surface area contributed by atoms with Crippen LogP contribution < -0.4 is 9.64 Å². The Morgan fingerprint density at radius 2 is 1.93 bits per heavy atom. The van der Waals surface area contributed by atoms with Gasteiger partial charge in [-0.2, -0.15) is 4.98 Å². The minimum Gasteiger partial charge on any atom is -0.497 e. The Balaban J connectivity index is 1.56. The van der Waals surface area contributed by atoms with Gasteiger partial charge in [-0.25, -0.2) is 4.79 Å². The van der Waals surface area contributed by atoms with E-state index in [-0.39, 0.29) is 18.2 Å². The van der Waals surface area contributed by atoms with Gasteiger partial charge in [0.1, 0.15) is 16.9 Å². The molecule has 7 nitrogen and oxygen atoms in total. The second kappa shape index (κ2) is 6.58. The molecule has 4 rings (SSSR count). The van der Waals surface area contributed by atoms with Gasteiger partial charge in [-0.05, 0) is 55.6 Å². The SMILES string of the molecule is COc1cc(Br)c2oc(N3CC4CCC(C3)N4C(=O)OC(C)(C)C)nc2c1. The van der Waals surface area contributed by atoms with Crippen molar-refractivity contribution < 1.29 is 18.7 Å². The first-order valence-corrected chi connectivity index (χ1v) is 9.95. The fourth-order valence-corrected chi connectivity index (χ4v) is 4.39. The summed E-state index contributed by atoms with van der Waals surface area (Å²) in [7, 11) is 1.63. The Morgan fingerprint density at radius 3 is 2.52 bits per heavy atom. The predicted molar refractivity (Wildman–Crippen MR) is 105 cm³/mol. The molecule has 0 N–H and O–H groups in total. The van der Waals surface area contributed by atoms with Gasteiger partial charge in [0, 0.05) is 19.2 Å². The molecular formula is C19H24BrN3O4. The summed E-state index contributed by atoms with van der Waals surface area (Å²) < 4.78 is 17.7. The molecule has 2 unspecified atom stereocenters. The second-order valence-electron chi connectivity index (χ2n) is 8.13. The zero-order valence-electron chi connectivity index (χ0n) is 16.0. The van der Waals surface area contributed by atoms with E-state index in [1.807, 2.05) is 37.8 Å². The number of nitrogens with zero attached hydrogens (tertiary/aromatic N) is 3. The monoisotopic (exact) mass is 437 g/mol. The van der Waals surface area contributed by atoms with Crippen LogP contribution in [0.2, 0.25) is 0 Å². The number of methoxy groups -OCH3 is 1. The third kappa shape index (κ3) is 3.47. The van der Waals surface area contributed by atoms with Crippen molar-refractivity contribution in [2.75, 3.05) is 25.1 Å². The van der Waals surface area contributed by atoms with Crippen LogP contribution in [-0.4, -0.2) is 53.9 Å². The second-order valence-corrected chi connectivity index (χ2v) is 8.99. The number of hydrogen-bond acceptors (Lipinski definition) is 6. The lowest BCUT2D eigenvalue weighted by Crippen LogP contribution is -2.56. The predicted octanol–water partition coefficient (Wildman–Crippen LogP) is 4.19. The van der Waals surface area contributed by atoms with E-state index < -0.39 is 5.60 Å². The average Bonchev–Trinajstić information content (AvgIpc) is 3.12. The Morgan fingerprint density at radius 1 is 1.26 bits per heavy atom. The van der Waals surface area contributed by atoms with Crippen LogP contribution in [0.3, 0.4) is 0 Å². The molecule has 2 aliphatic heterocycles. The van der Waals surface area contributed by atoms with Crippen molar-refractivity contribution in [2.45, 2.75) is 51.3 Å². The van der Waals surface area contributed by atoms with Crippen LogP contribution in [-0.2, 0) is 4.74 Å². The molecule has 0 spiro atoms. The van der Waals surface area contributed by atoms with Gasteiger partial charge in [0.05, 0.1) is 23.7 Å². The van der Waals surface area contributed by atoms with Gasteiger partial charge >= 0.3 is 6.09 Å². The Bertz CT molecular complexity index is 862. The van der Waals surface area contributed by atoms with Crippen molar-refractivity contribution in [1.82, 2.24) is 9.88 Å². The van der Waals surface area contributed by atoms with E-state index >= 15 is 0 Å². The number of anilines is 1. The molecule has 0 radical (unpaired) electrons. The van der Waals surface area contributed by atoms with Crippen LogP contribution in [0.25, 0.3) is 11.1 Å². The number of benzene rings is 1. The first-order chi connectivity index (χ1) is 12.7. The van der Waals surface area contributed by atoms with Crippen molar-refractivity contribution in [2.24, 2.45) is 0 Å². The molecule has 146 valence electrons. The number of halogens is 1. The van der Waals surface area contributed by atoms with Crippen LogP contribution in [0.1, 0.15) is 33.6 Å². The third-order valence-electron chi connectivity index (χ3n) is 5.00. The summed E-state index contributed by atoms with van der Waals surface area (Å²) in [6.07, 6.45) is 1.72. The van der Waals surface area contributed by atoms with E-state index in [4.69, 9.17) is 13.9 Å². The number of piperazine rings is 1. The first-order valence-electron chi connectivity index (χ1n) is 9.15. The number of rotatable bonds is 2. The molecule has 2 saturated heterocycles. The van der Waals surface area contributed by atoms with Gasteiger partial charge in [0.25, 0.3) is 6.01 Å². The molecule has 8 heteroatoms. The van der Waals surface area contributed by atoms with Crippen LogP contribution in [0.5, 0.6) is 5.75 Å². The van der Waals surface area contributed by atoms with E-state index in [9.17, 15) is 4.79 Å². The van der Waals surface area contributed by atoms with Gasteiger partial charge in [-0.3, -0.25) is 4.90 Å². The number of amides is 1. The maximum Gasteiger partial charge on any atom is 0.410 e. The number of aromatic nitrogens is 1. The van der Waals surface area contributed by atoms with Gasteiger partial charge in [0.15, 0.2) is 5.58 Å². The van der Waals surface area contributed by atoms with Gasteiger partial charge in [-0.15, -0.1) is 0 Å². The summed E-state index contributed by atoms with van der Waals surface area (Å²) in [4.78, 5) is 21.3. The number of carbonyl (C=O) groups excluding carboxylic acids is 1. The van der Waals surface area contributed by atoms with E-state index in [0.29, 0.717) is 24.7 Å². The highest BCUT2D eigenvalue weighted by Gasteiger charge is 2.45. The van der Waals surface area contributed by atoms with Crippen molar-refractivity contribution in [1.29, 1.82) is 0 Å². The average molecular weight is 438 g/mol. The van der Waals surface area contributed by atoms with Crippen molar-refractivity contribution in [3.63, 3.8) is 0 Å². The lowest BCUT2D eigenvalue weighted by molar-refractivity contribution is 0.0120. The molecule has 1 aromatic carbocycles. The van der Waals surface area contributed by atoms with E-state index in [2.05, 4.69) is 25.8 Å². The number of carbonyl (C=O) groups is 1. The topological polar surface area (TPSA) is 68.0 Å². The summed E-state index contributed by atoms with van der Waals surface area (Å²) in [6, 6.07) is 4.54. The maximum atomic E-state index is 12.6. The van der Waals surface area contributed by atoms with Crippen molar-refractivity contribution >= 4 is 39.1 Å². The Labute approximate surface area is 166 Å². The zero-order chi connectivity index (χ0) is 19.3. The summed E-state index contributed by atoms with van der Waals surface area (Å²) in [6.45, 7) is 7.07. The minimum absolute atomic E-state index is 0.117. The fourth-order valence-electron chi connectivity index (χ4n) is 3.88. The third-order valence-corrected chi connectivity index (χ3v) is 5.59. The van der Waals surface area contributed by atoms with Crippen LogP contribution >= 0.6 is 15.9 Å². The minimum atomic E-state index is -0.487. The number of oxazole rings is 1. The molecule has 1 amide bonds. The highest BCUT2D eigenvalue weighted by Crippen LogP contribution is 2.37. The molecular weight excluding hydrogens is 414 g/mol. The largest absolute Gasteiger partial charge is 0.497 e. The summed E-state index contributed by atoms with van der Waals surface area (Å²) in [5.74, 6) is 0.726. The van der Waals surface area contributed by atoms with Crippen molar-refractivity contribution in [3.8, 4) is 5.75 Å². The summed E-state index contributed by atoms with van der Waals surface area (Å²) in [5, 5.41) is 0. The van der Waals surface area contributed by atoms with Crippen LogP contribution in [0, 0.1) is 0 Å². The van der Waals surface area contributed by atoms with E-state index in [0.717, 1.165) is 28.6 Å². The summed E-state index contributed by atoms with van der Waals surface area (Å²) in [5.41, 5.74) is 0.963. The molecule has 0 saturated carbocycles. The Hall–Kier alpha value is -1.96. The molecule has 2 aromatic rings. The Kier molecular flexibility index (Phi) is 4.49. The lowest BCUT2D eigenvalue weighted by atomic mass is 10.2. The smallest absolute Gasteiger partial charge is 0.410 e. The summed E-state index contributed by atoms with van der Waals surface area (Å²) >= 11 is 3.52. The lowest BCUT2D eigenvalue weighted by Gasteiger charge is -2.40. The molecule has 0 aliphatic carbocycles. The van der Waals surface area contributed by atoms with Crippen molar-refractivity contribution in [3.05, 3.63) is 16.6 Å². The van der Waals surface area contributed by atoms with Crippen LogP contribution in [0.15, 0.2) is 21.0 Å². The van der Waals surface area contributed by atoms with Gasteiger partial charge in [-0.1, -0.05) is 0 Å². The fraction of sp³-hybridized carbons (Fsp3) is 0.579. The van der Waals surface area contributed by atoms with E-state index in [1.165, 1.54) is 0 Å². The standard InChI is InChI=1S/C19H24BrN3O4/c1-19(2,3)27-18(24)23-11-5-6-12(23)10-22(9-11)17-21-15-8-13(25-4)7-14(20)16(15)26-17/h7-8,11-12H,5-6,9-10H2,1-4H3. The molecule has 3 heterocycles. The van der Waals surface area contributed by atoms with E-state index in [1.54, 1.807) is 7.11 Å². The number of ether oxygens (including phenoxy) is 2. The van der Waals surface area contributed by atoms with Gasteiger partial charge < -0.3 is 18.8 Å². The van der Waals surface area contributed by atoms with Crippen LogP contribution in [0.4, 0.5) is 10.8 Å². The number of hydrogen-bond donors (Lipinski definition) is 0. The molecule has 2 atom stereocenters.